The molecule has 0 atom stereocenters. The Kier molecular flexibility index (Phi) is 4.17. The number of halogens is 1. The van der Waals surface area contributed by atoms with Gasteiger partial charge in [-0.1, -0.05) is 29.8 Å². The van der Waals surface area contributed by atoms with E-state index in [1.165, 1.54) is 13.2 Å². The number of aryl methyl sites for hydroxylation is 1. The van der Waals surface area contributed by atoms with Crippen LogP contribution in [0.15, 0.2) is 36.4 Å². The minimum absolute atomic E-state index is 0.270. The predicted octanol–water partition coefficient (Wildman–Crippen LogP) is 3.53. The lowest BCUT2D eigenvalue weighted by molar-refractivity contribution is 0.386. The lowest BCUT2D eigenvalue weighted by Gasteiger charge is -2.12. The molecule has 0 radical (unpaired) electrons. The van der Waals surface area contributed by atoms with Crippen LogP contribution in [-0.4, -0.2) is 14.2 Å². The Morgan fingerprint density at radius 3 is 2.58 bits per heavy atom. The fourth-order valence-electron chi connectivity index (χ4n) is 2.14. The lowest BCUT2D eigenvalue weighted by Crippen LogP contribution is -2.06. The summed E-state index contributed by atoms with van der Waals surface area (Å²) in [6.07, 6.45) is 0. The van der Waals surface area contributed by atoms with Gasteiger partial charge in [-0.15, -0.1) is 0 Å². The summed E-state index contributed by atoms with van der Waals surface area (Å²) in [5, 5.41) is 3.13. The molecule has 0 aliphatic carbocycles. The molecule has 1 N–H and O–H groups in total. The van der Waals surface area contributed by atoms with E-state index in [-0.39, 0.29) is 11.6 Å². The number of methoxy groups -OCH3 is 1. The number of hydrogen-bond donors (Lipinski definition) is 1. The normalized spacial score (nSPS) is 10.5. The van der Waals surface area contributed by atoms with Crippen LogP contribution in [0.25, 0.3) is 11.1 Å². The van der Waals surface area contributed by atoms with E-state index in [2.05, 4.69) is 23.5 Å². The van der Waals surface area contributed by atoms with E-state index in [1.54, 1.807) is 6.07 Å². The third-order valence-corrected chi connectivity index (χ3v) is 3.10. The van der Waals surface area contributed by atoms with Crippen LogP contribution in [0.1, 0.15) is 11.1 Å². The van der Waals surface area contributed by atoms with Crippen LogP contribution in [0.2, 0.25) is 0 Å². The summed E-state index contributed by atoms with van der Waals surface area (Å²) in [4.78, 5) is 0. The molecule has 100 valence electrons. The third kappa shape index (κ3) is 2.93. The van der Waals surface area contributed by atoms with Crippen molar-refractivity contribution in [3.8, 4) is 16.9 Å². The average Bonchev–Trinajstić information content (AvgIpc) is 2.41. The van der Waals surface area contributed by atoms with Gasteiger partial charge < -0.3 is 10.1 Å². The minimum atomic E-state index is -0.336. The predicted molar refractivity (Wildman–Crippen MR) is 75.9 cm³/mol. The van der Waals surface area contributed by atoms with Crippen LogP contribution in [0.3, 0.4) is 0 Å². The molecule has 19 heavy (non-hydrogen) atoms. The maximum Gasteiger partial charge on any atom is 0.165 e. The molecule has 0 aliphatic heterocycles. The van der Waals surface area contributed by atoms with Crippen molar-refractivity contribution in [1.29, 1.82) is 0 Å². The second kappa shape index (κ2) is 5.85. The number of benzene rings is 2. The summed E-state index contributed by atoms with van der Waals surface area (Å²) in [6, 6.07) is 11.3. The van der Waals surface area contributed by atoms with Gasteiger partial charge in [0.05, 0.1) is 7.11 Å². The van der Waals surface area contributed by atoms with Crippen molar-refractivity contribution in [2.45, 2.75) is 13.5 Å². The molecule has 2 rings (SSSR count). The highest BCUT2D eigenvalue weighted by molar-refractivity contribution is 5.69. The van der Waals surface area contributed by atoms with E-state index in [9.17, 15) is 4.39 Å². The van der Waals surface area contributed by atoms with Crippen molar-refractivity contribution >= 4 is 0 Å². The molecule has 0 fully saturated rings. The monoisotopic (exact) mass is 259 g/mol. The number of ether oxygens (including phenoxy) is 1. The summed E-state index contributed by atoms with van der Waals surface area (Å²) in [6.45, 7) is 2.79. The molecule has 2 aromatic carbocycles. The van der Waals surface area contributed by atoms with Crippen LogP contribution >= 0.6 is 0 Å². The summed E-state index contributed by atoms with van der Waals surface area (Å²) >= 11 is 0. The first-order chi connectivity index (χ1) is 9.15. The summed E-state index contributed by atoms with van der Waals surface area (Å²) < 4.78 is 18.8. The first kappa shape index (κ1) is 13.6. The topological polar surface area (TPSA) is 21.3 Å². The number of hydrogen-bond acceptors (Lipinski definition) is 2. The fourth-order valence-corrected chi connectivity index (χ4v) is 2.14. The highest BCUT2D eigenvalue weighted by Crippen LogP contribution is 2.29. The van der Waals surface area contributed by atoms with Gasteiger partial charge in [-0.2, -0.15) is 0 Å². The van der Waals surface area contributed by atoms with Gasteiger partial charge in [0.2, 0.25) is 0 Å². The van der Waals surface area contributed by atoms with Gasteiger partial charge in [0, 0.05) is 6.54 Å². The Morgan fingerprint density at radius 1 is 1.16 bits per heavy atom. The largest absolute Gasteiger partial charge is 0.494 e. The van der Waals surface area contributed by atoms with Crippen LogP contribution in [0, 0.1) is 12.7 Å². The smallest absolute Gasteiger partial charge is 0.165 e. The third-order valence-electron chi connectivity index (χ3n) is 3.10. The molecule has 0 aliphatic rings. The molecule has 2 nitrogen and oxygen atoms in total. The van der Waals surface area contributed by atoms with E-state index in [0.717, 1.165) is 28.8 Å². The highest BCUT2D eigenvalue weighted by atomic mass is 19.1. The van der Waals surface area contributed by atoms with Gasteiger partial charge in [0.1, 0.15) is 0 Å². The van der Waals surface area contributed by atoms with E-state index in [4.69, 9.17) is 4.74 Å². The second-order valence-electron chi connectivity index (χ2n) is 4.54. The number of rotatable bonds is 4. The Bertz CT molecular complexity index is 581. The minimum Gasteiger partial charge on any atom is -0.494 e. The maximum atomic E-state index is 13.8. The van der Waals surface area contributed by atoms with Crippen molar-refractivity contribution in [1.82, 2.24) is 5.32 Å². The standard InChI is InChI=1S/C16H18FNO/c1-11-4-5-13(10-18-2)14(8-11)12-6-7-16(19-3)15(17)9-12/h4-9,18H,10H2,1-3H3. The summed E-state index contributed by atoms with van der Waals surface area (Å²) in [5.74, 6) is -0.0662. The SMILES string of the molecule is CNCc1ccc(C)cc1-c1ccc(OC)c(F)c1. The van der Waals surface area contributed by atoms with Gasteiger partial charge in [0.15, 0.2) is 11.6 Å². The van der Waals surface area contributed by atoms with Crippen molar-refractivity contribution in [2.24, 2.45) is 0 Å². The first-order valence-electron chi connectivity index (χ1n) is 6.23. The Labute approximate surface area is 113 Å². The van der Waals surface area contributed by atoms with E-state index >= 15 is 0 Å². The van der Waals surface area contributed by atoms with E-state index in [1.807, 2.05) is 20.0 Å². The second-order valence-corrected chi connectivity index (χ2v) is 4.54. The van der Waals surface area contributed by atoms with Crippen LogP contribution in [-0.2, 0) is 6.54 Å². The molecule has 0 aromatic heterocycles. The van der Waals surface area contributed by atoms with Gasteiger partial charge >= 0.3 is 0 Å². The fraction of sp³-hybridized carbons (Fsp3) is 0.250. The molecule has 0 unspecified atom stereocenters. The Balaban J connectivity index is 2.51. The summed E-state index contributed by atoms with van der Waals surface area (Å²) in [7, 11) is 3.37. The average molecular weight is 259 g/mol. The van der Waals surface area contributed by atoms with E-state index in [0.29, 0.717) is 0 Å². The molecule has 0 saturated heterocycles. The molecule has 2 aromatic rings. The highest BCUT2D eigenvalue weighted by Gasteiger charge is 2.09. The molecule has 0 bridgehead atoms. The zero-order chi connectivity index (χ0) is 13.8. The molecule has 0 saturated carbocycles. The zero-order valence-corrected chi connectivity index (χ0v) is 11.5. The lowest BCUT2D eigenvalue weighted by atomic mass is 9.97. The van der Waals surface area contributed by atoms with Crippen LogP contribution < -0.4 is 10.1 Å². The quantitative estimate of drug-likeness (QED) is 0.907. The molecular weight excluding hydrogens is 241 g/mol. The molecule has 0 heterocycles. The maximum absolute atomic E-state index is 13.8. The molecule has 0 spiro atoms. The van der Waals surface area contributed by atoms with Crippen LogP contribution in [0.5, 0.6) is 5.75 Å². The Hall–Kier alpha value is -1.87. The van der Waals surface area contributed by atoms with Crippen molar-refractivity contribution in [3.63, 3.8) is 0 Å². The van der Waals surface area contributed by atoms with Crippen molar-refractivity contribution < 1.29 is 9.13 Å². The van der Waals surface area contributed by atoms with Gasteiger partial charge in [0.25, 0.3) is 0 Å². The first-order valence-corrected chi connectivity index (χ1v) is 6.23. The zero-order valence-electron chi connectivity index (χ0n) is 11.5. The summed E-state index contributed by atoms with van der Waals surface area (Å²) in [5.41, 5.74) is 4.23. The van der Waals surface area contributed by atoms with Gasteiger partial charge in [-0.3, -0.25) is 0 Å². The Morgan fingerprint density at radius 2 is 1.95 bits per heavy atom. The van der Waals surface area contributed by atoms with Crippen molar-refractivity contribution in [2.75, 3.05) is 14.2 Å². The molecule has 3 heteroatoms. The van der Waals surface area contributed by atoms with Gasteiger partial charge in [-0.25, -0.2) is 4.39 Å². The molecular formula is C16H18FNO. The number of nitrogens with one attached hydrogen (secondary N) is 1. The molecule has 0 amide bonds. The van der Waals surface area contributed by atoms with Crippen LogP contribution in [0.4, 0.5) is 4.39 Å². The van der Waals surface area contributed by atoms with E-state index < -0.39 is 0 Å². The van der Waals surface area contributed by atoms with Gasteiger partial charge in [-0.05, 0) is 42.8 Å². The van der Waals surface area contributed by atoms with Crippen molar-refractivity contribution in [3.05, 3.63) is 53.3 Å².